The molecule has 1 saturated heterocycles. The average molecular weight is 481 g/mol. The van der Waals surface area contributed by atoms with Crippen molar-refractivity contribution in [1.82, 2.24) is 4.57 Å². The first-order valence-electron chi connectivity index (χ1n) is 10.8. The first-order valence-corrected chi connectivity index (χ1v) is 12.1. The lowest BCUT2D eigenvalue weighted by Crippen LogP contribution is -2.26. The van der Waals surface area contributed by atoms with Crippen molar-refractivity contribution in [1.29, 1.82) is 0 Å². The molecule has 33 heavy (non-hydrogen) atoms. The Labute approximate surface area is 192 Å². The monoisotopic (exact) mass is 480 g/mol. The van der Waals surface area contributed by atoms with Gasteiger partial charge in [-0.25, -0.2) is 4.85 Å². The maximum Gasteiger partial charge on any atom is 0.407 e. The van der Waals surface area contributed by atoms with E-state index in [0.29, 0.717) is 37.0 Å². The van der Waals surface area contributed by atoms with Crippen LogP contribution in [0.4, 0.5) is 18.9 Å². The Kier molecular flexibility index (Phi) is 5.39. The summed E-state index contributed by atoms with van der Waals surface area (Å²) in [6.07, 6.45) is -3.06. The lowest BCUT2D eigenvalue weighted by molar-refractivity contribution is -0.136. The van der Waals surface area contributed by atoms with E-state index in [1.54, 1.807) is 0 Å². The van der Waals surface area contributed by atoms with Crippen molar-refractivity contribution >= 4 is 15.5 Å². The van der Waals surface area contributed by atoms with Crippen LogP contribution in [0.15, 0.2) is 18.2 Å². The second-order valence-corrected chi connectivity index (χ2v) is 13.1. The van der Waals surface area contributed by atoms with Gasteiger partial charge in [-0.2, -0.15) is 13.2 Å². The van der Waals surface area contributed by atoms with Crippen LogP contribution in [0.3, 0.4) is 0 Å². The fourth-order valence-corrected chi connectivity index (χ4v) is 5.86. The number of rotatable bonds is 5. The number of aromatic nitrogens is 1. The van der Waals surface area contributed by atoms with Gasteiger partial charge in [0.25, 0.3) is 0 Å². The third-order valence-electron chi connectivity index (χ3n) is 6.38. The molecule has 10 heteroatoms. The Hall–Kier alpha value is -2.48. The quantitative estimate of drug-likeness (QED) is 0.342. The SMILES string of the molecule is [C-]#[N+]c1ccc(-n2c(O)c3c(c2O)C2(CCO[SiH2]C(C)(C)C)CCC3(C)O2)cc1C(F)(F)F. The summed E-state index contributed by atoms with van der Waals surface area (Å²) in [7, 11) is -0.781. The van der Waals surface area contributed by atoms with E-state index in [9.17, 15) is 23.4 Å². The summed E-state index contributed by atoms with van der Waals surface area (Å²) in [5.41, 5.74) is -2.65. The molecule has 2 bridgehead atoms. The van der Waals surface area contributed by atoms with Crippen molar-refractivity contribution in [2.45, 2.75) is 69.4 Å². The topological polar surface area (TPSA) is 68.2 Å². The minimum Gasteiger partial charge on any atom is -0.494 e. The zero-order valence-corrected chi connectivity index (χ0v) is 20.4. The largest absolute Gasteiger partial charge is 0.494 e. The number of hydrogen-bond donors (Lipinski definition) is 2. The van der Waals surface area contributed by atoms with Gasteiger partial charge in [-0.05, 0) is 36.9 Å². The molecule has 2 N–H and O–H groups in total. The van der Waals surface area contributed by atoms with Gasteiger partial charge in [0.15, 0.2) is 15.5 Å². The van der Waals surface area contributed by atoms with Crippen molar-refractivity contribution in [3.05, 3.63) is 46.3 Å². The summed E-state index contributed by atoms with van der Waals surface area (Å²) in [6.45, 7) is 15.6. The number of ether oxygens (including phenoxy) is 1. The van der Waals surface area contributed by atoms with E-state index < -0.39 is 38.4 Å². The predicted molar refractivity (Wildman–Crippen MR) is 119 cm³/mol. The molecule has 2 unspecified atom stereocenters. The molecule has 178 valence electrons. The highest BCUT2D eigenvalue weighted by Crippen LogP contribution is 2.65. The molecule has 0 aliphatic carbocycles. The number of aromatic hydroxyl groups is 2. The molecular formula is C23H27F3N2O4Si. The van der Waals surface area contributed by atoms with Crippen molar-refractivity contribution in [2.75, 3.05) is 6.61 Å². The maximum absolute atomic E-state index is 13.5. The zero-order chi connectivity index (χ0) is 24.4. The van der Waals surface area contributed by atoms with Gasteiger partial charge in [-0.3, -0.25) is 4.57 Å². The van der Waals surface area contributed by atoms with Crippen LogP contribution in [0.5, 0.6) is 11.8 Å². The molecule has 3 heterocycles. The van der Waals surface area contributed by atoms with Crippen molar-refractivity contribution in [3.8, 4) is 17.4 Å². The number of alkyl halides is 3. The fourth-order valence-electron chi connectivity index (χ4n) is 4.95. The van der Waals surface area contributed by atoms with E-state index in [-0.39, 0.29) is 22.5 Å². The van der Waals surface area contributed by atoms with Crippen LogP contribution in [0, 0.1) is 6.57 Å². The number of halogens is 3. The van der Waals surface area contributed by atoms with Crippen molar-refractivity contribution < 1.29 is 32.5 Å². The number of hydrogen-bond acceptors (Lipinski definition) is 4. The van der Waals surface area contributed by atoms with E-state index in [4.69, 9.17) is 15.7 Å². The molecule has 1 aromatic carbocycles. The molecule has 2 atom stereocenters. The average Bonchev–Trinajstić information content (AvgIpc) is 3.28. The third-order valence-corrected chi connectivity index (χ3v) is 7.74. The molecule has 0 radical (unpaired) electrons. The predicted octanol–water partition coefficient (Wildman–Crippen LogP) is 5.40. The van der Waals surface area contributed by atoms with Gasteiger partial charge in [0.1, 0.15) is 5.60 Å². The van der Waals surface area contributed by atoms with E-state index in [2.05, 4.69) is 25.6 Å². The Balaban J connectivity index is 1.77. The molecule has 1 aromatic heterocycles. The molecule has 0 spiro atoms. The fraction of sp³-hybridized carbons (Fsp3) is 0.522. The lowest BCUT2D eigenvalue weighted by Gasteiger charge is -2.27. The third kappa shape index (κ3) is 3.82. The van der Waals surface area contributed by atoms with Gasteiger partial charge in [-0.15, -0.1) is 0 Å². The number of nitrogens with zero attached hydrogens (tertiary/aromatic N) is 2. The van der Waals surface area contributed by atoms with E-state index in [0.717, 1.165) is 16.7 Å². The molecule has 6 nitrogen and oxygen atoms in total. The second kappa shape index (κ2) is 7.51. The van der Waals surface area contributed by atoms with Crippen molar-refractivity contribution in [2.24, 2.45) is 0 Å². The van der Waals surface area contributed by atoms with Crippen LogP contribution >= 0.6 is 0 Å². The van der Waals surface area contributed by atoms with Crippen LogP contribution in [-0.2, 0) is 26.5 Å². The van der Waals surface area contributed by atoms with Crippen LogP contribution < -0.4 is 0 Å². The first kappa shape index (κ1) is 23.7. The minimum absolute atomic E-state index is 0.0753. The molecule has 4 rings (SSSR count). The highest BCUT2D eigenvalue weighted by atomic mass is 28.2. The summed E-state index contributed by atoms with van der Waals surface area (Å²) < 4.78 is 53.8. The second-order valence-electron chi connectivity index (χ2n) is 10.2. The summed E-state index contributed by atoms with van der Waals surface area (Å²) in [6, 6.07) is 3.10. The van der Waals surface area contributed by atoms with Gasteiger partial charge in [0.05, 0.1) is 34.6 Å². The smallest absolute Gasteiger partial charge is 0.407 e. The van der Waals surface area contributed by atoms with Gasteiger partial charge in [0, 0.05) is 13.0 Å². The van der Waals surface area contributed by atoms with Gasteiger partial charge < -0.3 is 19.4 Å². The van der Waals surface area contributed by atoms with Crippen LogP contribution in [-0.4, -0.2) is 31.2 Å². The van der Waals surface area contributed by atoms with Crippen LogP contribution in [0.1, 0.15) is 63.6 Å². The molecular weight excluding hydrogens is 453 g/mol. The van der Waals surface area contributed by atoms with E-state index in [1.807, 2.05) is 6.92 Å². The minimum atomic E-state index is -4.75. The van der Waals surface area contributed by atoms with Gasteiger partial charge in [0.2, 0.25) is 11.8 Å². The van der Waals surface area contributed by atoms with Crippen molar-refractivity contribution in [3.63, 3.8) is 0 Å². The Morgan fingerprint density at radius 2 is 1.85 bits per heavy atom. The molecule has 2 aromatic rings. The summed E-state index contributed by atoms with van der Waals surface area (Å²) >= 11 is 0. The first-order chi connectivity index (χ1) is 15.2. The normalized spacial score (nSPS) is 24.5. The number of fused-ring (bicyclic) bond motifs is 5. The van der Waals surface area contributed by atoms with Crippen LogP contribution in [0.25, 0.3) is 10.5 Å². The summed E-state index contributed by atoms with van der Waals surface area (Å²) in [4.78, 5) is 2.95. The van der Waals surface area contributed by atoms with Gasteiger partial charge >= 0.3 is 6.18 Å². The summed E-state index contributed by atoms with van der Waals surface area (Å²) in [5, 5.41) is 22.3. The lowest BCUT2D eigenvalue weighted by atomic mass is 9.78. The van der Waals surface area contributed by atoms with E-state index in [1.165, 1.54) is 6.07 Å². The van der Waals surface area contributed by atoms with E-state index >= 15 is 0 Å². The highest BCUT2D eigenvalue weighted by molar-refractivity contribution is 6.31. The molecule has 0 saturated carbocycles. The number of benzene rings is 1. The molecule has 2 aliphatic rings. The van der Waals surface area contributed by atoms with Gasteiger partial charge in [-0.1, -0.05) is 26.8 Å². The molecule has 1 fully saturated rings. The Morgan fingerprint density at radius 3 is 2.45 bits per heavy atom. The molecule has 0 amide bonds. The maximum atomic E-state index is 13.5. The Bertz CT molecular complexity index is 1150. The Morgan fingerprint density at radius 1 is 1.18 bits per heavy atom. The van der Waals surface area contributed by atoms with Crippen LogP contribution in [0.2, 0.25) is 5.04 Å². The summed E-state index contributed by atoms with van der Waals surface area (Å²) in [5.74, 6) is -0.692. The molecule has 2 aliphatic heterocycles. The highest BCUT2D eigenvalue weighted by Gasteiger charge is 2.61. The standard InChI is InChI=1S/C23H27F3N2O4Si/c1-20(2,3)33-31-11-10-22-9-8-21(4,32-22)16-17(22)19(30)28(18(16)29)13-6-7-15(27-5)14(12-13)23(24,25)26/h6-7,12,29-30H,8-11,33H2,1-4H3. The zero-order valence-electron chi connectivity index (χ0n) is 19.0.